The van der Waals surface area contributed by atoms with Gasteiger partial charge >= 0.3 is 0 Å². The predicted octanol–water partition coefficient (Wildman–Crippen LogP) is 4.96. The van der Waals surface area contributed by atoms with Crippen LogP contribution in [0.1, 0.15) is 16.7 Å². The monoisotopic (exact) mass is 380 g/mol. The van der Waals surface area contributed by atoms with Crippen molar-refractivity contribution in [3.05, 3.63) is 88.6 Å². The zero-order valence-corrected chi connectivity index (χ0v) is 16.1. The number of carbonyl (C=O) groups excluding carboxylic acids is 1. The van der Waals surface area contributed by atoms with Crippen molar-refractivity contribution in [1.82, 2.24) is 4.98 Å². The number of carbonyl (C=O) groups is 1. The maximum atomic E-state index is 12.9. The number of nitrogens with zero attached hydrogens (tertiary/aromatic N) is 2. The van der Waals surface area contributed by atoms with Crippen LogP contribution in [0.5, 0.6) is 5.75 Å². The summed E-state index contributed by atoms with van der Waals surface area (Å²) in [5, 5.41) is 0.660. The Bertz CT molecular complexity index is 911. The summed E-state index contributed by atoms with van der Waals surface area (Å²) in [5.74, 6) is 1.10. The number of pyridine rings is 1. The molecule has 0 N–H and O–H groups in total. The van der Waals surface area contributed by atoms with Crippen LogP contribution in [0.3, 0.4) is 0 Å². The summed E-state index contributed by atoms with van der Waals surface area (Å²) in [6.45, 7) is 4.39. The van der Waals surface area contributed by atoms with Crippen molar-refractivity contribution in [3.63, 3.8) is 0 Å². The minimum atomic E-state index is -0.165. The van der Waals surface area contributed by atoms with Gasteiger partial charge in [0.1, 0.15) is 11.6 Å². The van der Waals surface area contributed by atoms with E-state index in [1.54, 1.807) is 11.1 Å². The van der Waals surface area contributed by atoms with Gasteiger partial charge in [-0.3, -0.25) is 9.69 Å². The fourth-order valence-electron chi connectivity index (χ4n) is 2.61. The minimum Gasteiger partial charge on any atom is -0.484 e. The zero-order chi connectivity index (χ0) is 19.2. The van der Waals surface area contributed by atoms with Gasteiger partial charge in [-0.2, -0.15) is 0 Å². The van der Waals surface area contributed by atoms with Gasteiger partial charge in [-0.15, -0.1) is 0 Å². The standard InChI is InChI=1S/C22H21ClN2O2/c1-16-6-11-20(13-17(16)2)27-15-22(26)25(21-5-3-4-12-24-21)14-18-7-9-19(23)10-8-18/h3-13H,14-15H2,1-2H3. The van der Waals surface area contributed by atoms with Crippen LogP contribution in [0, 0.1) is 13.8 Å². The van der Waals surface area contributed by atoms with Crippen LogP contribution >= 0.6 is 11.6 Å². The molecule has 4 nitrogen and oxygen atoms in total. The first-order valence-corrected chi connectivity index (χ1v) is 9.06. The fraction of sp³-hybridized carbons (Fsp3) is 0.182. The predicted molar refractivity (Wildman–Crippen MR) is 108 cm³/mol. The average Bonchev–Trinajstić information content (AvgIpc) is 2.69. The summed E-state index contributed by atoms with van der Waals surface area (Å²) < 4.78 is 5.72. The number of hydrogen-bond donors (Lipinski definition) is 0. The maximum Gasteiger partial charge on any atom is 0.266 e. The van der Waals surface area contributed by atoms with Gasteiger partial charge in [-0.05, 0) is 66.9 Å². The molecule has 0 aliphatic rings. The number of benzene rings is 2. The molecular weight excluding hydrogens is 360 g/mol. The second kappa shape index (κ2) is 8.69. The highest BCUT2D eigenvalue weighted by Crippen LogP contribution is 2.19. The molecule has 1 aromatic heterocycles. The van der Waals surface area contributed by atoms with E-state index < -0.39 is 0 Å². The third kappa shape index (κ3) is 5.08. The summed E-state index contributed by atoms with van der Waals surface area (Å²) in [7, 11) is 0. The topological polar surface area (TPSA) is 42.4 Å². The summed E-state index contributed by atoms with van der Waals surface area (Å²) in [5.41, 5.74) is 3.28. The first-order valence-electron chi connectivity index (χ1n) is 8.69. The molecule has 3 aromatic rings. The van der Waals surface area contributed by atoms with Crippen molar-refractivity contribution >= 4 is 23.3 Å². The van der Waals surface area contributed by atoms with E-state index in [9.17, 15) is 4.79 Å². The van der Waals surface area contributed by atoms with E-state index in [0.717, 1.165) is 11.1 Å². The summed E-state index contributed by atoms with van der Waals surface area (Å²) in [6, 6.07) is 18.7. The molecule has 0 bridgehead atoms. The molecule has 3 rings (SSSR count). The van der Waals surface area contributed by atoms with Crippen LogP contribution in [-0.4, -0.2) is 17.5 Å². The molecule has 2 aromatic carbocycles. The number of ether oxygens (including phenoxy) is 1. The fourth-order valence-corrected chi connectivity index (χ4v) is 2.74. The van der Waals surface area contributed by atoms with Crippen molar-refractivity contribution in [2.45, 2.75) is 20.4 Å². The quantitative estimate of drug-likeness (QED) is 0.606. The van der Waals surface area contributed by atoms with Crippen LogP contribution < -0.4 is 9.64 Å². The summed E-state index contributed by atoms with van der Waals surface area (Å²) in [4.78, 5) is 18.8. The average molecular weight is 381 g/mol. The Hall–Kier alpha value is -2.85. The SMILES string of the molecule is Cc1ccc(OCC(=O)N(Cc2ccc(Cl)cc2)c2ccccn2)cc1C. The molecule has 27 heavy (non-hydrogen) atoms. The first-order chi connectivity index (χ1) is 13.0. The molecule has 1 amide bonds. The first kappa shape index (κ1) is 18.9. The molecule has 0 aliphatic heterocycles. The van der Waals surface area contributed by atoms with Crippen LogP contribution in [0.2, 0.25) is 5.02 Å². The second-order valence-electron chi connectivity index (χ2n) is 6.33. The molecule has 0 atom stereocenters. The molecule has 0 aliphatic carbocycles. The van der Waals surface area contributed by atoms with Crippen LogP contribution in [-0.2, 0) is 11.3 Å². The third-order valence-corrected chi connectivity index (χ3v) is 4.57. The number of amides is 1. The molecule has 5 heteroatoms. The molecule has 1 heterocycles. The maximum absolute atomic E-state index is 12.9. The van der Waals surface area contributed by atoms with Gasteiger partial charge in [0.15, 0.2) is 6.61 Å². The Kier molecular flexibility index (Phi) is 6.09. The number of hydrogen-bond acceptors (Lipinski definition) is 3. The number of aromatic nitrogens is 1. The van der Waals surface area contributed by atoms with Gasteiger partial charge in [-0.1, -0.05) is 35.9 Å². The molecule has 138 valence electrons. The van der Waals surface area contributed by atoms with Crippen molar-refractivity contribution in [1.29, 1.82) is 0 Å². The van der Waals surface area contributed by atoms with E-state index in [1.165, 1.54) is 5.56 Å². The van der Waals surface area contributed by atoms with Gasteiger partial charge in [0.05, 0.1) is 6.54 Å². The van der Waals surface area contributed by atoms with E-state index in [4.69, 9.17) is 16.3 Å². The lowest BCUT2D eigenvalue weighted by atomic mass is 10.1. The Morgan fingerprint density at radius 2 is 1.81 bits per heavy atom. The molecular formula is C22H21ClN2O2. The molecule has 0 spiro atoms. The Morgan fingerprint density at radius 3 is 2.48 bits per heavy atom. The Labute approximate surface area is 164 Å². The summed E-state index contributed by atoms with van der Waals surface area (Å²) in [6.07, 6.45) is 1.67. The van der Waals surface area contributed by atoms with E-state index in [-0.39, 0.29) is 12.5 Å². The lowest BCUT2D eigenvalue weighted by Gasteiger charge is -2.22. The summed E-state index contributed by atoms with van der Waals surface area (Å²) >= 11 is 5.96. The van der Waals surface area contributed by atoms with Crippen molar-refractivity contribution in [3.8, 4) is 5.75 Å². The molecule has 0 saturated carbocycles. The van der Waals surface area contributed by atoms with Gasteiger partial charge in [-0.25, -0.2) is 4.98 Å². The van der Waals surface area contributed by atoms with Gasteiger partial charge < -0.3 is 4.74 Å². The van der Waals surface area contributed by atoms with Crippen LogP contribution in [0.15, 0.2) is 66.9 Å². The lowest BCUT2D eigenvalue weighted by molar-refractivity contribution is -0.120. The number of anilines is 1. The minimum absolute atomic E-state index is 0.0628. The van der Waals surface area contributed by atoms with Crippen molar-refractivity contribution in [2.75, 3.05) is 11.5 Å². The van der Waals surface area contributed by atoms with Gasteiger partial charge in [0, 0.05) is 11.2 Å². The van der Waals surface area contributed by atoms with Crippen LogP contribution in [0.4, 0.5) is 5.82 Å². The van der Waals surface area contributed by atoms with Crippen molar-refractivity contribution in [2.24, 2.45) is 0 Å². The van der Waals surface area contributed by atoms with Gasteiger partial charge in [0.2, 0.25) is 0 Å². The van der Waals surface area contributed by atoms with E-state index in [0.29, 0.717) is 23.1 Å². The number of aryl methyl sites for hydroxylation is 2. The normalized spacial score (nSPS) is 10.5. The Morgan fingerprint density at radius 1 is 1.04 bits per heavy atom. The molecule has 0 radical (unpaired) electrons. The largest absolute Gasteiger partial charge is 0.484 e. The van der Waals surface area contributed by atoms with Gasteiger partial charge in [0.25, 0.3) is 5.91 Å². The van der Waals surface area contributed by atoms with E-state index in [1.807, 2.05) is 74.5 Å². The Balaban J connectivity index is 1.76. The van der Waals surface area contributed by atoms with Crippen LogP contribution in [0.25, 0.3) is 0 Å². The highest BCUT2D eigenvalue weighted by atomic mass is 35.5. The molecule has 0 fully saturated rings. The van der Waals surface area contributed by atoms with Crippen molar-refractivity contribution < 1.29 is 9.53 Å². The molecule has 0 unspecified atom stereocenters. The van der Waals surface area contributed by atoms with E-state index >= 15 is 0 Å². The third-order valence-electron chi connectivity index (χ3n) is 4.32. The smallest absolute Gasteiger partial charge is 0.266 e. The molecule has 0 saturated heterocycles. The highest BCUT2D eigenvalue weighted by Gasteiger charge is 2.18. The number of rotatable bonds is 6. The zero-order valence-electron chi connectivity index (χ0n) is 15.4. The number of halogens is 1. The highest BCUT2D eigenvalue weighted by molar-refractivity contribution is 6.30. The lowest BCUT2D eigenvalue weighted by Crippen LogP contribution is -2.35. The van der Waals surface area contributed by atoms with E-state index in [2.05, 4.69) is 4.98 Å². The second-order valence-corrected chi connectivity index (χ2v) is 6.77.